The van der Waals surface area contributed by atoms with Gasteiger partial charge in [0.2, 0.25) is 5.91 Å². The molecule has 1 amide bonds. The van der Waals surface area contributed by atoms with Crippen molar-refractivity contribution >= 4 is 23.1 Å². The molecule has 3 nitrogen and oxygen atoms in total. The summed E-state index contributed by atoms with van der Waals surface area (Å²) in [6.45, 7) is 0.464. The van der Waals surface area contributed by atoms with Crippen LogP contribution in [0, 0.1) is 0 Å². The zero-order chi connectivity index (χ0) is 14.4. The van der Waals surface area contributed by atoms with Crippen molar-refractivity contribution in [1.29, 1.82) is 0 Å². The highest BCUT2D eigenvalue weighted by molar-refractivity contribution is 7.80. The van der Waals surface area contributed by atoms with Crippen LogP contribution in [0.1, 0.15) is 17.0 Å². The number of carbonyl (C=O) groups is 1. The molecule has 102 valence electrons. The van der Waals surface area contributed by atoms with Crippen LogP contribution in [0.4, 0.5) is 0 Å². The van der Waals surface area contributed by atoms with Gasteiger partial charge in [-0.3, -0.25) is 4.79 Å². The van der Waals surface area contributed by atoms with Crippen LogP contribution in [0.5, 0.6) is 0 Å². The lowest BCUT2D eigenvalue weighted by Crippen LogP contribution is -2.35. The van der Waals surface area contributed by atoms with Crippen LogP contribution in [0.3, 0.4) is 0 Å². The Kier molecular flexibility index (Phi) is 4.85. The predicted molar refractivity (Wildman–Crippen MR) is 84.3 cm³/mol. The van der Waals surface area contributed by atoms with Gasteiger partial charge >= 0.3 is 0 Å². The Morgan fingerprint density at radius 1 is 1.05 bits per heavy atom. The van der Waals surface area contributed by atoms with Crippen LogP contribution in [0.15, 0.2) is 60.7 Å². The summed E-state index contributed by atoms with van der Waals surface area (Å²) in [6.07, 6.45) is 0. The van der Waals surface area contributed by atoms with Crippen molar-refractivity contribution in [2.45, 2.75) is 12.5 Å². The van der Waals surface area contributed by atoms with Crippen LogP contribution < -0.4 is 11.1 Å². The summed E-state index contributed by atoms with van der Waals surface area (Å²) in [6, 6.07) is 19.0. The number of carbonyl (C=O) groups excluding carboxylic acids is 1. The average molecular weight is 284 g/mol. The largest absolute Gasteiger partial charge is 0.392 e. The van der Waals surface area contributed by atoms with Gasteiger partial charge in [-0.25, -0.2) is 0 Å². The topological polar surface area (TPSA) is 55.1 Å². The van der Waals surface area contributed by atoms with Gasteiger partial charge in [0.05, 0.1) is 4.99 Å². The van der Waals surface area contributed by atoms with E-state index in [4.69, 9.17) is 18.0 Å². The van der Waals surface area contributed by atoms with Gasteiger partial charge in [0.1, 0.15) is 5.92 Å². The molecule has 0 saturated carbocycles. The first-order valence-corrected chi connectivity index (χ1v) is 6.75. The summed E-state index contributed by atoms with van der Waals surface area (Å²) < 4.78 is 0. The second kappa shape index (κ2) is 6.82. The van der Waals surface area contributed by atoms with Crippen LogP contribution in [0.25, 0.3) is 0 Å². The Bertz CT molecular complexity index is 584. The zero-order valence-corrected chi connectivity index (χ0v) is 11.8. The van der Waals surface area contributed by atoms with Gasteiger partial charge in [-0.2, -0.15) is 0 Å². The highest BCUT2D eigenvalue weighted by Crippen LogP contribution is 2.16. The van der Waals surface area contributed by atoms with Crippen molar-refractivity contribution in [3.63, 3.8) is 0 Å². The number of hydrogen-bond acceptors (Lipinski definition) is 2. The van der Waals surface area contributed by atoms with Crippen molar-refractivity contribution in [2.75, 3.05) is 0 Å². The Labute approximate surface area is 123 Å². The molecule has 0 aliphatic heterocycles. The standard InChI is InChI=1S/C16H16N2OS/c17-15(20)14(13-9-5-2-6-10-13)16(19)18-11-12-7-3-1-4-8-12/h1-10,14H,11H2,(H2,17,20)(H,18,19). The Morgan fingerprint density at radius 2 is 1.60 bits per heavy atom. The minimum atomic E-state index is -0.588. The fourth-order valence-corrected chi connectivity index (χ4v) is 2.22. The van der Waals surface area contributed by atoms with Gasteiger partial charge in [0.15, 0.2) is 0 Å². The van der Waals surface area contributed by atoms with E-state index in [2.05, 4.69) is 5.32 Å². The Balaban J connectivity index is 2.07. The molecule has 1 atom stereocenters. The molecule has 0 heterocycles. The van der Waals surface area contributed by atoms with Gasteiger partial charge in [0, 0.05) is 6.54 Å². The van der Waals surface area contributed by atoms with Crippen molar-refractivity contribution < 1.29 is 4.79 Å². The molecular weight excluding hydrogens is 268 g/mol. The molecule has 0 aliphatic rings. The molecule has 0 bridgehead atoms. The predicted octanol–water partition coefficient (Wildman–Crippen LogP) is 2.37. The molecule has 0 aliphatic carbocycles. The highest BCUT2D eigenvalue weighted by Gasteiger charge is 2.22. The first-order chi connectivity index (χ1) is 9.68. The lowest BCUT2D eigenvalue weighted by molar-refractivity contribution is -0.121. The van der Waals surface area contributed by atoms with Gasteiger partial charge < -0.3 is 11.1 Å². The number of nitrogens with two attached hydrogens (primary N) is 1. The molecule has 0 radical (unpaired) electrons. The number of rotatable bonds is 5. The molecule has 2 aromatic carbocycles. The van der Waals surface area contributed by atoms with Crippen LogP contribution in [-0.4, -0.2) is 10.9 Å². The van der Waals surface area contributed by atoms with Gasteiger partial charge in [0.25, 0.3) is 0 Å². The Hall–Kier alpha value is -2.20. The third kappa shape index (κ3) is 3.65. The minimum absolute atomic E-state index is 0.174. The van der Waals surface area contributed by atoms with Crippen molar-refractivity contribution in [3.05, 3.63) is 71.8 Å². The maximum atomic E-state index is 12.3. The van der Waals surface area contributed by atoms with Gasteiger partial charge in [-0.15, -0.1) is 0 Å². The lowest BCUT2D eigenvalue weighted by Gasteiger charge is -2.16. The summed E-state index contributed by atoms with van der Waals surface area (Å²) >= 11 is 5.02. The van der Waals surface area contributed by atoms with E-state index >= 15 is 0 Å². The first kappa shape index (κ1) is 14.2. The molecule has 2 aromatic rings. The fraction of sp³-hybridized carbons (Fsp3) is 0.125. The lowest BCUT2D eigenvalue weighted by atomic mass is 9.98. The molecule has 0 spiro atoms. The van der Waals surface area contributed by atoms with Crippen LogP contribution in [0.2, 0.25) is 0 Å². The van der Waals surface area contributed by atoms with Gasteiger partial charge in [-0.05, 0) is 11.1 Å². The molecule has 4 heteroatoms. The molecule has 20 heavy (non-hydrogen) atoms. The molecule has 0 fully saturated rings. The third-order valence-electron chi connectivity index (χ3n) is 2.99. The average Bonchev–Trinajstić information content (AvgIpc) is 2.47. The normalized spacial score (nSPS) is 11.6. The van der Waals surface area contributed by atoms with E-state index in [1.807, 2.05) is 60.7 Å². The van der Waals surface area contributed by atoms with E-state index in [0.717, 1.165) is 11.1 Å². The molecule has 3 N–H and O–H groups in total. The maximum Gasteiger partial charge on any atom is 0.234 e. The summed E-state index contributed by atoms with van der Waals surface area (Å²) in [5, 5.41) is 2.87. The summed E-state index contributed by atoms with van der Waals surface area (Å²) in [5.41, 5.74) is 7.56. The monoisotopic (exact) mass is 284 g/mol. The third-order valence-corrected chi connectivity index (χ3v) is 3.22. The fourth-order valence-electron chi connectivity index (χ4n) is 1.98. The number of amides is 1. The quantitative estimate of drug-likeness (QED) is 0.829. The van der Waals surface area contributed by atoms with E-state index in [1.54, 1.807) is 0 Å². The minimum Gasteiger partial charge on any atom is -0.392 e. The van der Waals surface area contributed by atoms with E-state index in [9.17, 15) is 4.79 Å². The van der Waals surface area contributed by atoms with Crippen molar-refractivity contribution in [2.24, 2.45) is 5.73 Å². The van der Waals surface area contributed by atoms with E-state index in [1.165, 1.54) is 0 Å². The molecule has 0 saturated heterocycles. The summed E-state index contributed by atoms with van der Waals surface area (Å²) in [7, 11) is 0. The molecule has 0 aromatic heterocycles. The second-order valence-corrected chi connectivity index (χ2v) is 4.92. The first-order valence-electron chi connectivity index (χ1n) is 6.34. The molecule has 1 unspecified atom stereocenters. The summed E-state index contributed by atoms with van der Waals surface area (Å²) in [5.74, 6) is -0.762. The zero-order valence-electron chi connectivity index (χ0n) is 11.0. The highest BCUT2D eigenvalue weighted by atomic mass is 32.1. The van der Waals surface area contributed by atoms with Crippen molar-refractivity contribution in [3.8, 4) is 0 Å². The van der Waals surface area contributed by atoms with Crippen LogP contribution >= 0.6 is 12.2 Å². The van der Waals surface area contributed by atoms with Gasteiger partial charge in [-0.1, -0.05) is 72.9 Å². The summed E-state index contributed by atoms with van der Waals surface area (Å²) in [4.78, 5) is 12.5. The molecule has 2 rings (SSSR count). The van der Waals surface area contributed by atoms with Crippen molar-refractivity contribution in [1.82, 2.24) is 5.32 Å². The SMILES string of the molecule is NC(=S)C(C(=O)NCc1ccccc1)c1ccccc1. The van der Waals surface area contributed by atoms with Crippen LogP contribution in [-0.2, 0) is 11.3 Å². The van der Waals surface area contributed by atoms with E-state index in [-0.39, 0.29) is 10.9 Å². The Morgan fingerprint density at radius 3 is 2.15 bits per heavy atom. The second-order valence-electron chi connectivity index (χ2n) is 4.45. The van der Waals surface area contributed by atoms with E-state index < -0.39 is 5.92 Å². The number of thiocarbonyl (C=S) groups is 1. The number of benzene rings is 2. The smallest absolute Gasteiger partial charge is 0.234 e. The van der Waals surface area contributed by atoms with E-state index in [0.29, 0.717) is 6.54 Å². The maximum absolute atomic E-state index is 12.3. The molecular formula is C16H16N2OS. The number of nitrogens with one attached hydrogen (secondary N) is 1. The number of hydrogen-bond donors (Lipinski definition) is 2.